The first-order valence-electron chi connectivity index (χ1n) is 7.13. The third kappa shape index (κ3) is 6.17. The summed E-state index contributed by atoms with van der Waals surface area (Å²) in [6.07, 6.45) is 2.80. The average Bonchev–Trinajstić information content (AvgIpc) is 2.94. The Balaban J connectivity index is 0.00000242. The molecule has 0 bridgehead atoms. The maximum absolute atomic E-state index is 11.8. The van der Waals surface area contributed by atoms with Gasteiger partial charge < -0.3 is 15.6 Å². The van der Waals surface area contributed by atoms with E-state index in [-0.39, 0.29) is 36.8 Å². The minimum atomic E-state index is -0.0265. The number of carbonyl (C=O) groups excluding carboxylic acids is 1. The molecule has 2 rings (SSSR count). The van der Waals surface area contributed by atoms with Gasteiger partial charge in [-0.1, -0.05) is 12.1 Å². The summed E-state index contributed by atoms with van der Waals surface area (Å²) in [5.41, 5.74) is 7.34. The Labute approximate surface area is 148 Å². The molecule has 0 saturated carbocycles. The predicted octanol–water partition coefficient (Wildman–Crippen LogP) is 2.87. The minimum Gasteiger partial charge on any atom is -0.328 e. The van der Waals surface area contributed by atoms with Crippen molar-refractivity contribution in [3.05, 3.63) is 30.6 Å². The summed E-state index contributed by atoms with van der Waals surface area (Å²) in [6.45, 7) is 4.73. The lowest BCUT2D eigenvalue weighted by Crippen LogP contribution is -2.19. The molecule has 23 heavy (non-hydrogen) atoms. The molecule has 0 saturated heterocycles. The molecule has 6 nitrogen and oxygen atoms in total. The molecule has 3 N–H and O–H groups in total. The Bertz CT molecular complexity index is 615. The van der Waals surface area contributed by atoms with E-state index in [0.29, 0.717) is 12.8 Å². The number of nitrogens with one attached hydrogen (secondary N) is 1. The van der Waals surface area contributed by atoms with Crippen molar-refractivity contribution in [1.29, 1.82) is 0 Å². The van der Waals surface area contributed by atoms with Gasteiger partial charge in [0.25, 0.3) is 0 Å². The van der Waals surface area contributed by atoms with E-state index < -0.39 is 0 Å². The van der Waals surface area contributed by atoms with Crippen LogP contribution < -0.4 is 11.1 Å². The van der Waals surface area contributed by atoms with E-state index in [9.17, 15) is 4.79 Å². The van der Waals surface area contributed by atoms with Crippen LogP contribution in [0, 0.1) is 0 Å². The van der Waals surface area contributed by atoms with E-state index >= 15 is 0 Å². The molecule has 1 aromatic carbocycles. The number of rotatable bonds is 6. The largest absolute Gasteiger partial charge is 0.328 e. The fraction of sp³-hybridized carbons (Fsp3) is 0.400. The number of anilines is 1. The normalized spacial score (nSPS) is 11.1. The van der Waals surface area contributed by atoms with Gasteiger partial charge in [-0.15, -0.1) is 35.0 Å². The first kappa shape index (κ1) is 21.4. The van der Waals surface area contributed by atoms with Gasteiger partial charge in [0.1, 0.15) is 6.33 Å². The van der Waals surface area contributed by atoms with Crippen LogP contribution in [0.5, 0.6) is 0 Å². The van der Waals surface area contributed by atoms with Crippen LogP contribution in [0.4, 0.5) is 5.69 Å². The fourth-order valence-electron chi connectivity index (χ4n) is 2.03. The Morgan fingerprint density at radius 3 is 2.78 bits per heavy atom. The molecule has 0 fully saturated rings. The van der Waals surface area contributed by atoms with Crippen LogP contribution in [-0.4, -0.2) is 26.7 Å². The van der Waals surface area contributed by atoms with E-state index in [1.165, 1.54) is 0 Å². The van der Waals surface area contributed by atoms with Gasteiger partial charge in [-0.25, -0.2) is 0 Å². The highest BCUT2D eigenvalue weighted by atomic mass is 35.5. The molecule has 0 aliphatic rings. The van der Waals surface area contributed by atoms with Gasteiger partial charge >= 0.3 is 0 Å². The quantitative estimate of drug-likeness (QED) is 0.829. The van der Waals surface area contributed by atoms with Crippen molar-refractivity contribution < 1.29 is 4.79 Å². The number of aromatic nitrogens is 3. The van der Waals surface area contributed by atoms with E-state index in [4.69, 9.17) is 5.73 Å². The van der Waals surface area contributed by atoms with E-state index in [1.807, 2.05) is 42.7 Å². The lowest BCUT2D eigenvalue weighted by molar-refractivity contribution is -0.116. The molecule has 1 atom stereocenters. The van der Waals surface area contributed by atoms with Gasteiger partial charge in [0.05, 0.1) is 0 Å². The number of aryl methyl sites for hydroxylation is 1. The number of carbonyl (C=O) groups is 1. The van der Waals surface area contributed by atoms with Crippen LogP contribution in [0.15, 0.2) is 30.6 Å². The van der Waals surface area contributed by atoms with Gasteiger partial charge in [-0.2, -0.15) is 0 Å². The predicted molar refractivity (Wildman–Crippen MR) is 97.1 cm³/mol. The summed E-state index contributed by atoms with van der Waals surface area (Å²) in [4.78, 5) is 11.8. The molecule has 1 heterocycles. The zero-order valence-corrected chi connectivity index (χ0v) is 14.9. The molecule has 1 unspecified atom stereocenters. The molecular weight excluding hydrogens is 337 g/mol. The average molecular weight is 360 g/mol. The zero-order chi connectivity index (χ0) is 15.2. The van der Waals surface area contributed by atoms with Gasteiger partial charge in [-0.3, -0.25) is 4.79 Å². The van der Waals surface area contributed by atoms with Gasteiger partial charge in [0.15, 0.2) is 5.82 Å². The number of benzene rings is 1. The van der Waals surface area contributed by atoms with E-state index in [0.717, 1.165) is 23.6 Å². The third-order valence-corrected chi connectivity index (χ3v) is 3.19. The van der Waals surface area contributed by atoms with Crippen LogP contribution in [0.25, 0.3) is 11.4 Å². The Kier molecular flexibility index (Phi) is 9.48. The topological polar surface area (TPSA) is 85.8 Å². The number of nitrogens with zero attached hydrogens (tertiary/aromatic N) is 3. The smallest absolute Gasteiger partial charge is 0.224 e. The number of amides is 1. The molecule has 0 aliphatic carbocycles. The number of hydrogen-bond donors (Lipinski definition) is 2. The summed E-state index contributed by atoms with van der Waals surface area (Å²) in [5.74, 6) is 0.769. The van der Waals surface area contributed by atoms with Gasteiger partial charge in [0.2, 0.25) is 5.91 Å². The SMILES string of the molecule is CCn1cnnc1-c1cccc(NC(=O)CCC(C)N)c1.Cl.Cl. The molecule has 0 aliphatic heterocycles. The minimum absolute atomic E-state index is 0. The molecule has 1 amide bonds. The Hall–Kier alpha value is -1.63. The molecule has 128 valence electrons. The second-order valence-electron chi connectivity index (χ2n) is 5.09. The van der Waals surface area contributed by atoms with Crippen molar-refractivity contribution in [3.8, 4) is 11.4 Å². The van der Waals surface area contributed by atoms with Crippen molar-refractivity contribution in [1.82, 2.24) is 14.8 Å². The second-order valence-corrected chi connectivity index (χ2v) is 5.09. The maximum atomic E-state index is 11.8. The van der Waals surface area contributed by atoms with Crippen LogP contribution in [-0.2, 0) is 11.3 Å². The molecule has 0 radical (unpaired) electrons. The Morgan fingerprint density at radius 1 is 1.39 bits per heavy atom. The van der Waals surface area contributed by atoms with Crippen molar-refractivity contribution in [2.24, 2.45) is 5.73 Å². The molecule has 0 spiro atoms. The van der Waals surface area contributed by atoms with Crippen molar-refractivity contribution in [2.75, 3.05) is 5.32 Å². The fourth-order valence-corrected chi connectivity index (χ4v) is 2.03. The van der Waals surface area contributed by atoms with Crippen molar-refractivity contribution in [3.63, 3.8) is 0 Å². The summed E-state index contributed by atoms with van der Waals surface area (Å²) in [6, 6.07) is 7.64. The second kappa shape index (κ2) is 10.2. The zero-order valence-electron chi connectivity index (χ0n) is 13.2. The monoisotopic (exact) mass is 359 g/mol. The highest BCUT2D eigenvalue weighted by Crippen LogP contribution is 2.20. The molecule has 2 aromatic rings. The molecular formula is C15H23Cl2N5O. The standard InChI is InChI=1S/C15H21N5O.2ClH/c1-3-20-10-17-19-15(20)12-5-4-6-13(9-12)18-14(21)8-7-11(2)16;;/h4-6,9-11H,3,7-8,16H2,1-2H3,(H,18,21);2*1H. The molecule has 8 heteroatoms. The highest BCUT2D eigenvalue weighted by molar-refractivity contribution is 5.91. The summed E-state index contributed by atoms with van der Waals surface area (Å²) in [5, 5.41) is 10.9. The third-order valence-electron chi connectivity index (χ3n) is 3.19. The lowest BCUT2D eigenvalue weighted by atomic mass is 10.1. The number of halogens is 2. The summed E-state index contributed by atoms with van der Waals surface area (Å²) >= 11 is 0. The van der Waals surface area contributed by atoms with Gasteiger partial charge in [0, 0.05) is 30.3 Å². The Morgan fingerprint density at radius 2 is 2.13 bits per heavy atom. The van der Waals surface area contributed by atoms with Gasteiger partial charge in [-0.05, 0) is 32.4 Å². The first-order chi connectivity index (χ1) is 10.1. The summed E-state index contributed by atoms with van der Waals surface area (Å²) in [7, 11) is 0. The highest BCUT2D eigenvalue weighted by Gasteiger charge is 2.08. The first-order valence-corrected chi connectivity index (χ1v) is 7.13. The van der Waals surface area contributed by atoms with Crippen LogP contribution in [0.3, 0.4) is 0 Å². The van der Waals surface area contributed by atoms with Crippen molar-refractivity contribution >= 4 is 36.4 Å². The van der Waals surface area contributed by atoms with Crippen LogP contribution in [0.2, 0.25) is 0 Å². The maximum Gasteiger partial charge on any atom is 0.224 e. The lowest BCUT2D eigenvalue weighted by Gasteiger charge is -2.09. The van der Waals surface area contributed by atoms with Crippen LogP contribution >= 0.6 is 24.8 Å². The summed E-state index contributed by atoms with van der Waals surface area (Å²) < 4.78 is 1.96. The van der Waals surface area contributed by atoms with E-state index in [2.05, 4.69) is 15.5 Å². The van der Waals surface area contributed by atoms with E-state index in [1.54, 1.807) is 6.33 Å². The molecule has 1 aromatic heterocycles. The van der Waals surface area contributed by atoms with Crippen molar-refractivity contribution in [2.45, 2.75) is 39.3 Å². The number of nitrogens with two attached hydrogens (primary N) is 1. The number of hydrogen-bond acceptors (Lipinski definition) is 4. The van der Waals surface area contributed by atoms with Crippen LogP contribution in [0.1, 0.15) is 26.7 Å².